The lowest BCUT2D eigenvalue weighted by Crippen LogP contribution is -2.11. The van der Waals surface area contributed by atoms with Gasteiger partial charge in [-0.3, -0.25) is 0 Å². The van der Waals surface area contributed by atoms with Crippen molar-refractivity contribution in [2.45, 2.75) is 22.3 Å². The molecule has 0 N–H and O–H groups in total. The molecule has 0 aliphatic rings. The normalized spacial score (nSPS) is 11.4. The molecule has 135 heavy (non-hydrogen) atoms. The van der Waals surface area contributed by atoms with Crippen LogP contribution in [0.2, 0.25) is 0 Å². The van der Waals surface area contributed by atoms with Crippen molar-refractivity contribution in [1.82, 2.24) is 0 Å². The van der Waals surface area contributed by atoms with Gasteiger partial charge in [-0.1, -0.05) is 362 Å². The number of rotatable bonds is 12. The van der Waals surface area contributed by atoms with E-state index in [9.17, 15) is 0 Å². The summed E-state index contributed by atoms with van der Waals surface area (Å²) in [7, 11) is 0. The van der Waals surface area contributed by atoms with E-state index in [0.717, 1.165) is 89.4 Å². The van der Waals surface area contributed by atoms with Crippen molar-refractivity contribution in [3.05, 3.63) is 491 Å². The second-order valence-corrected chi connectivity index (χ2v) is 35.2. The molecule has 0 amide bonds. The predicted octanol–water partition coefficient (Wildman–Crippen LogP) is 38.9. The number of hydrogen-bond donors (Lipinski definition) is 0. The van der Waals surface area contributed by atoms with Crippen molar-refractivity contribution in [3.8, 4) is 33.4 Å². The Balaban J connectivity index is 0.000000116. The van der Waals surface area contributed by atoms with Gasteiger partial charge in [0.15, 0.2) is 0 Å². The van der Waals surface area contributed by atoms with Crippen molar-refractivity contribution in [1.29, 1.82) is 0 Å². The summed E-state index contributed by atoms with van der Waals surface area (Å²) in [5, 5.41) is 30.1. The fraction of sp³-hybridized carbons (Fsp3) is 0.0233. The van der Waals surface area contributed by atoms with Gasteiger partial charge >= 0.3 is 0 Å². The van der Waals surface area contributed by atoms with Gasteiger partial charge in [0.1, 0.15) is 22.3 Å². The van der Waals surface area contributed by atoms with Crippen LogP contribution in [0.25, 0.3) is 194 Å². The number of fused-ring (bicyclic) bond motifs is 24. The number of furan rings is 2. The van der Waals surface area contributed by atoms with E-state index in [-0.39, 0.29) is 22.3 Å². The second-order valence-electron chi connectivity index (χ2n) is 34.1. The summed E-state index contributed by atoms with van der Waals surface area (Å²) in [5.74, 6) is 0. The lowest BCUT2D eigenvalue weighted by Gasteiger charge is -2.28. The molecule has 27 rings (SSSR count). The summed E-state index contributed by atoms with van der Waals surface area (Å²) >= 11 is 1.86. The van der Waals surface area contributed by atoms with Gasteiger partial charge in [-0.05, 0) is 270 Å². The molecule has 24 aromatic carbocycles. The Hall–Kier alpha value is -17.2. The molecular formula is C129H93N3O2S. The Labute approximate surface area is 788 Å². The third-order valence-electron chi connectivity index (χ3n) is 26.5. The number of thiophene rings is 1. The molecule has 0 atom stereocenters. The SMILES string of the molecule is C.C.C.c1ccc(N(c2ccc3c(c2)oc2ccccc23)c2ccccc2-c2ccc3ccc4c5ccccc5ccc4c3c2)cc1.c1ccc(N(c2cccc(-c3ccc4ccc5c6ccccc6ccc5c4c3)c2)c2ccc3oc4ccccc4c3c2)cc1.c1ccc(N(c2cccc(-c3ccc4ccc5c6ccccc6ccc5c4c3)c2)c2cccc3sc4ccccc4c23)cc1. The first-order valence-electron chi connectivity index (χ1n) is 45.1. The van der Waals surface area contributed by atoms with E-state index in [1.807, 2.05) is 35.6 Å². The Morgan fingerprint density at radius 1 is 0.156 bits per heavy atom. The van der Waals surface area contributed by atoms with E-state index in [1.54, 1.807) is 0 Å². The smallest absolute Gasteiger partial charge is 0.137 e. The maximum absolute atomic E-state index is 6.32. The zero-order chi connectivity index (χ0) is 87.1. The molecule has 0 aliphatic heterocycles. The van der Waals surface area contributed by atoms with E-state index in [0.29, 0.717) is 0 Å². The Kier molecular flexibility index (Phi) is 21.8. The van der Waals surface area contributed by atoms with Crippen molar-refractivity contribution < 1.29 is 8.83 Å². The van der Waals surface area contributed by atoms with Gasteiger partial charge in [-0.15, -0.1) is 11.3 Å². The first kappa shape index (κ1) is 83.5. The molecular weight excluding hydrogens is 1660 g/mol. The molecule has 3 heterocycles. The van der Waals surface area contributed by atoms with Crippen LogP contribution in [0.15, 0.2) is 500 Å². The largest absolute Gasteiger partial charge is 0.456 e. The van der Waals surface area contributed by atoms with E-state index in [2.05, 4.69) is 482 Å². The van der Waals surface area contributed by atoms with E-state index in [1.165, 1.54) is 156 Å². The molecule has 0 bridgehead atoms. The Morgan fingerprint density at radius 2 is 0.474 bits per heavy atom. The topological polar surface area (TPSA) is 36.0 Å². The zero-order valence-electron chi connectivity index (χ0n) is 71.8. The summed E-state index contributed by atoms with van der Waals surface area (Å²) < 4.78 is 15.1. The molecule has 0 radical (unpaired) electrons. The van der Waals surface area contributed by atoms with Crippen molar-refractivity contribution in [2.24, 2.45) is 0 Å². The van der Waals surface area contributed by atoms with Gasteiger partial charge in [0.2, 0.25) is 0 Å². The lowest BCUT2D eigenvalue weighted by molar-refractivity contribution is 0.668. The maximum Gasteiger partial charge on any atom is 0.137 e. The number of nitrogens with zero attached hydrogens (tertiary/aromatic N) is 3. The van der Waals surface area contributed by atoms with Crippen LogP contribution in [0.5, 0.6) is 0 Å². The quantitative estimate of drug-likeness (QED) is 0.114. The van der Waals surface area contributed by atoms with Crippen LogP contribution in [0.1, 0.15) is 22.3 Å². The third-order valence-corrected chi connectivity index (χ3v) is 27.6. The summed E-state index contributed by atoms with van der Waals surface area (Å²) in [6.45, 7) is 0. The van der Waals surface area contributed by atoms with Crippen molar-refractivity contribution in [3.63, 3.8) is 0 Å². The summed E-state index contributed by atoms with van der Waals surface area (Å²) in [5.41, 5.74) is 20.7. The standard InChI is InChI=1S/2C42H27NO.C42H27NS.3CH4/c1-2-11-31(12-3-1)43(32-22-25-38-37-15-7-9-17-41(37)44-42(38)27-32)40-16-8-6-14-34(40)30-19-18-29-21-23-35-33-13-5-4-10-28(33)20-24-36(35)39(29)26-30;1-2-11-32(12-3-1)43(34-21-24-42-40(27-34)38-15-6-7-16-41(38)44-42)33-13-8-10-30(25-33)31-18-17-29-20-22-36-35-14-5-4-9-28(35)19-23-37(36)39(29)26-31;1-2-12-32(13-3-1)43(39-17-9-19-41-42(39)37-16-6-7-18-40(37)44-41)33-14-8-11-30(26-33)31-21-20-29-23-24-35-34-15-5-4-10-28(34)22-25-36(35)38(29)27-31;;;/h3*1-27H;3*1H4. The van der Waals surface area contributed by atoms with E-state index >= 15 is 0 Å². The van der Waals surface area contributed by atoms with Crippen LogP contribution in [0.4, 0.5) is 51.2 Å². The fourth-order valence-electron chi connectivity index (χ4n) is 20.2. The van der Waals surface area contributed by atoms with Gasteiger partial charge in [0, 0.05) is 93.2 Å². The van der Waals surface area contributed by atoms with Gasteiger partial charge in [0.05, 0.1) is 11.4 Å². The van der Waals surface area contributed by atoms with Crippen LogP contribution in [-0.2, 0) is 0 Å². The number of para-hydroxylation sites is 6. The summed E-state index contributed by atoms with van der Waals surface area (Å²) in [6.07, 6.45) is 0. The van der Waals surface area contributed by atoms with Crippen LogP contribution >= 0.6 is 11.3 Å². The van der Waals surface area contributed by atoms with Crippen LogP contribution < -0.4 is 14.7 Å². The minimum atomic E-state index is 0. The number of anilines is 9. The number of benzene rings is 24. The van der Waals surface area contributed by atoms with Crippen molar-refractivity contribution in [2.75, 3.05) is 14.7 Å². The van der Waals surface area contributed by atoms with Crippen LogP contribution in [0.3, 0.4) is 0 Å². The van der Waals surface area contributed by atoms with Crippen LogP contribution in [0, 0.1) is 0 Å². The minimum Gasteiger partial charge on any atom is -0.456 e. The van der Waals surface area contributed by atoms with Gasteiger partial charge < -0.3 is 23.5 Å². The van der Waals surface area contributed by atoms with Gasteiger partial charge in [0.25, 0.3) is 0 Å². The fourth-order valence-corrected chi connectivity index (χ4v) is 21.4. The molecule has 0 aliphatic carbocycles. The molecule has 0 spiro atoms. The second kappa shape index (κ2) is 35.3. The highest BCUT2D eigenvalue weighted by Crippen LogP contribution is 2.50. The first-order valence-corrected chi connectivity index (χ1v) is 45.9. The molecule has 27 aromatic rings. The van der Waals surface area contributed by atoms with Gasteiger partial charge in [-0.25, -0.2) is 0 Å². The highest BCUT2D eigenvalue weighted by molar-refractivity contribution is 7.26. The monoisotopic (exact) mass is 1750 g/mol. The lowest BCUT2D eigenvalue weighted by atomic mass is 9.94. The Morgan fingerprint density at radius 3 is 1.01 bits per heavy atom. The average Bonchev–Trinajstić information content (AvgIpc) is 1.57. The van der Waals surface area contributed by atoms with Gasteiger partial charge in [-0.2, -0.15) is 0 Å². The third kappa shape index (κ3) is 15.0. The molecule has 0 unspecified atom stereocenters. The summed E-state index contributed by atoms with van der Waals surface area (Å²) in [6, 6.07) is 177. The van der Waals surface area contributed by atoms with Crippen LogP contribution in [-0.4, -0.2) is 0 Å². The molecule has 0 saturated carbocycles. The predicted molar refractivity (Wildman–Crippen MR) is 585 cm³/mol. The van der Waals surface area contributed by atoms with E-state index in [4.69, 9.17) is 8.83 Å². The molecule has 6 heteroatoms. The van der Waals surface area contributed by atoms with E-state index < -0.39 is 0 Å². The molecule has 0 saturated heterocycles. The average molecular weight is 1750 g/mol. The molecule has 642 valence electrons. The zero-order valence-corrected chi connectivity index (χ0v) is 72.6. The first-order chi connectivity index (χ1) is 65.4. The molecule has 5 nitrogen and oxygen atoms in total. The summed E-state index contributed by atoms with van der Waals surface area (Å²) in [4.78, 5) is 7.07. The number of hydrogen-bond acceptors (Lipinski definition) is 6. The highest BCUT2D eigenvalue weighted by Gasteiger charge is 2.24. The molecule has 3 aromatic heterocycles. The molecule has 0 fully saturated rings. The van der Waals surface area contributed by atoms with Crippen molar-refractivity contribution >= 4 is 224 Å². The maximum atomic E-state index is 6.32. The highest BCUT2D eigenvalue weighted by atomic mass is 32.1. The Bertz CT molecular complexity index is 9210. The minimum absolute atomic E-state index is 0.